The van der Waals surface area contributed by atoms with Crippen LogP contribution in [0.2, 0.25) is 0 Å². The molecule has 0 saturated carbocycles. The second-order valence-electron chi connectivity index (χ2n) is 8.29. The standard InChI is InChI=1S/C25H22F5N5O4S/c1-3-32-40(37,38)16-7-5-6-15(11-16)33-24(36)17-13-31-35-20(22(26)27)12-19(34-23(17)35)14-8-9-18(25(28,29)30)21(10-14)39-4-2/h5-13,22,32H,3-4H2,1-2H3,(H,33,36). The number of aromatic nitrogens is 3. The maximum atomic E-state index is 14.0. The first-order valence-electron chi connectivity index (χ1n) is 11.8. The Morgan fingerprint density at radius 3 is 2.50 bits per heavy atom. The number of hydrogen-bond donors (Lipinski definition) is 2. The van der Waals surface area contributed by atoms with Crippen molar-refractivity contribution in [2.75, 3.05) is 18.5 Å². The van der Waals surface area contributed by atoms with Gasteiger partial charge in [0.05, 0.1) is 29.0 Å². The van der Waals surface area contributed by atoms with E-state index in [0.717, 1.165) is 35.0 Å². The van der Waals surface area contributed by atoms with Crippen molar-refractivity contribution in [2.45, 2.75) is 31.3 Å². The van der Waals surface area contributed by atoms with Crippen LogP contribution in [-0.2, 0) is 16.2 Å². The molecule has 2 aromatic heterocycles. The summed E-state index contributed by atoms with van der Waals surface area (Å²) in [6.45, 7) is 3.16. The lowest BCUT2D eigenvalue weighted by Gasteiger charge is -2.15. The summed E-state index contributed by atoms with van der Waals surface area (Å²) in [5, 5.41) is 6.34. The zero-order valence-corrected chi connectivity index (χ0v) is 21.8. The lowest BCUT2D eigenvalue weighted by Crippen LogP contribution is -2.23. The summed E-state index contributed by atoms with van der Waals surface area (Å²) in [6, 6.07) is 9.18. The smallest absolute Gasteiger partial charge is 0.419 e. The van der Waals surface area contributed by atoms with E-state index in [1.807, 2.05) is 0 Å². The van der Waals surface area contributed by atoms with E-state index >= 15 is 0 Å². The first-order chi connectivity index (χ1) is 18.9. The fourth-order valence-electron chi connectivity index (χ4n) is 3.85. The van der Waals surface area contributed by atoms with Crippen LogP contribution in [0.5, 0.6) is 5.75 Å². The Balaban J connectivity index is 1.77. The molecule has 15 heteroatoms. The van der Waals surface area contributed by atoms with Crippen LogP contribution in [-0.4, -0.2) is 42.1 Å². The molecule has 2 N–H and O–H groups in total. The summed E-state index contributed by atoms with van der Waals surface area (Å²) in [5.41, 5.74) is -2.25. The molecular formula is C25H22F5N5O4S. The number of amides is 1. The molecule has 0 saturated heterocycles. The first-order valence-corrected chi connectivity index (χ1v) is 13.3. The third-order valence-electron chi connectivity index (χ3n) is 5.59. The van der Waals surface area contributed by atoms with Gasteiger partial charge < -0.3 is 10.1 Å². The SMILES string of the molecule is CCNS(=O)(=O)c1cccc(NC(=O)c2cnn3c(C(F)F)cc(-c4ccc(C(F)(F)F)c(OCC)c4)nc23)c1. The van der Waals surface area contributed by atoms with E-state index in [2.05, 4.69) is 20.1 Å². The molecule has 40 heavy (non-hydrogen) atoms. The molecule has 4 aromatic rings. The monoisotopic (exact) mass is 583 g/mol. The van der Waals surface area contributed by atoms with Gasteiger partial charge in [-0.15, -0.1) is 0 Å². The predicted octanol–water partition coefficient (Wildman–Crippen LogP) is 5.30. The van der Waals surface area contributed by atoms with Crippen molar-refractivity contribution in [1.82, 2.24) is 19.3 Å². The average molecular weight is 584 g/mol. The number of anilines is 1. The zero-order valence-electron chi connectivity index (χ0n) is 21.0. The quantitative estimate of drug-likeness (QED) is 0.259. The number of ether oxygens (including phenoxy) is 1. The van der Waals surface area contributed by atoms with E-state index < -0.39 is 45.5 Å². The zero-order chi connectivity index (χ0) is 29.2. The van der Waals surface area contributed by atoms with Gasteiger partial charge in [0.2, 0.25) is 10.0 Å². The summed E-state index contributed by atoms with van der Waals surface area (Å²) >= 11 is 0. The van der Waals surface area contributed by atoms with Gasteiger partial charge in [-0.05, 0) is 43.3 Å². The fourth-order valence-corrected chi connectivity index (χ4v) is 4.94. The summed E-state index contributed by atoms with van der Waals surface area (Å²) in [6.07, 6.45) is -6.78. The highest BCUT2D eigenvalue weighted by molar-refractivity contribution is 7.89. The number of nitrogens with zero attached hydrogens (tertiary/aromatic N) is 3. The molecule has 2 aromatic carbocycles. The Kier molecular flexibility index (Phi) is 8.07. The largest absolute Gasteiger partial charge is 0.493 e. The molecule has 0 bridgehead atoms. The number of alkyl halides is 5. The van der Waals surface area contributed by atoms with Crippen LogP contribution >= 0.6 is 0 Å². The van der Waals surface area contributed by atoms with Crippen molar-refractivity contribution in [1.29, 1.82) is 0 Å². The van der Waals surface area contributed by atoms with E-state index in [0.29, 0.717) is 0 Å². The minimum Gasteiger partial charge on any atom is -0.493 e. The topological polar surface area (TPSA) is 115 Å². The molecular weight excluding hydrogens is 561 g/mol. The minimum atomic E-state index is -4.71. The van der Waals surface area contributed by atoms with Gasteiger partial charge in [-0.2, -0.15) is 18.3 Å². The van der Waals surface area contributed by atoms with Crippen LogP contribution in [0, 0.1) is 0 Å². The number of carbonyl (C=O) groups excluding carboxylic acids is 1. The number of fused-ring (bicyclic) bond motifs is 1. The molecule has 4 rings (SSSR count). The van der Waals surface area contributed by atoms with Crippen LogP contribution in [0.25, 0.3) is 16.9 Å². The van der Waals surface area contributed by atoms with Gasteiger partial charge in [-0.25, -0.2) is 31.4 Å². The van der Waals surface area contributed by atoms with Crippen LogP contribution in [0.1, 0.15) is 41.9 Å². The predicted molar refractivity (Wildman–Crippen MR) is 135 cm³/mol. The molecule has 9 nitrogen and oxygen atoms in total. The minimum absolute atomic E-state index is 0.0368. The van der Waals surface area contributed by atoms with E-state index in [-0.39, 0.29) is 46.2 Å². The lowest BCUT2D eigenvalue weighted by molar-refractivity contribution is -0.138. The fraction of sp³-hybridized carbons (Fsp3) is 0.240. The third kappa shape index (κ3) is 5.89. The molecule has 212 valence electrons. The number of halogens is 5. The Labute approximate surface area is 225 Å². The first kappa shape index (κ1) is 28.9. The Hall–Kier alpha value is -4.11. The molecule has 0 radical (unpaired) electrons. The average Bonchev–Trinajstić information content (AvgIpc) is 3.32. The van der Waals surface area contributed by atoms with Gasteiger partial charge in [0.1, 0.15) is 17.0 Å². The summed E-state index contributed by atoms with van der Waals surface area (Å²) in [7, 11) is -3.82. The molecule has 1 amide bonds. The molecule has 0 fully saturated rings. The maximum Gasteiger partial charge on any atom is 0.419 e. The molecule has 0 unspecified atom stereocenters. The van der Waals surface area contributed by atoms with Crippen molar-refractivity contribution in [2.24, 2.45) is 0 Å². The number of benzene rings is 2. The van der Waals surface area contributed by atoms with Crippen molar-refractivity contribution in [3.8, 4) is 17.0 Å². The molecule has 0 aliphatic heterocycles. The number of nitrogens with one attached hydrogen (secondary N) is 2. The lowest BCUT2D eigenvalue weighted by atomic mass is 10.1. The molecule has 0 aliphatic carbocycles. The Morgan fingerprint density at radius 2 is 1.85 bits per heavy atom. The molecule has 0 spiro atoms. The van der Waals surface area contributed by atoms with Gasteiger partial charge in [0.25, 0.3) is 12.3 Å². The maximum absolute atomic E-state index is 14.0. The van der Waals surface area contributed by atoms with E-state index in [1.165, 1.54) is 31.2 Å². The van der Waals surface area contributed by atoms with Crippen LogP contribution in [0.4, 0.5) is 27.6 Å². The molecule has 0 aliphatic rings. The third-order valence-corrected chi connectivity index (χ3v) is 7.13. The van der Waals surface area contributed by atoms with Crippen molar-refractivity contribution < 1.29 is 39.9 Å². The van der Waals surface area contributed by atoms with Crippen LogP contribution in [0.15, 0.2) is 59.6 Å². The second-order valence-corrected chi connectivity index (χ2v) is 10.1. The molecule has 2 heterocycles. The van der Waals surface area contributed by atoms with Gasteiger partial charge in [-0.3, -0.25) is 4.79 Å². The van der Waals surface area contributed by atoms with E-state index in [1.54, 1.807) is 6.92 Å². The summed E-state index contributed by atoms with van der Waals surface area (Å²) in [4.78, 5) is 17.2. The van der Waals surface area contributed by atoms with Crippen molar-refractivity contribution >= 4 is 27.3 Å². The highest BCUT2D eigenvalue weighted by atomic mass is 32.2. The summed E-state index contributed by atoms with van der Waals surface area (Å²) < 4.78 is 101. The van der Waals surface area contributed by atoms with Crippen molar-refractivity contribution in [3.63, 3.8) is 0 Å². The van der Waals surface area contributed by atoms with Gasteiger partial charge >= 0.3 is 6.18 Å². The highest BCUT2D eigenvalue weighted by Gasteiger charge is 2.34. The normalized spacial score (nSPS) is 12.2. The molecule has 0 atom stereocenters. The number of rotatable bonds is 9. The van der Waals surface area contributed by atoms with Crippen LogP contribution < -0.4 is 14.8 Å². The van der Waals surface area contributed by atoms with Gasteiger partial charge in [0, 0.05) is 17.8 Å². The van der Waals surface area contributed by atoms with Crippen LogP contribution in [0.3, 0.4) is 0 Å². The Morgan fingerprint density at radius 1 is 1.10 bits per heavy atom. The highest BCUT2D eigenvalue weighted by Crippen LogP contribution is 2.39. The van der Waals surface area contributed by atoms with Crippen molar-refractivity contribution in [3.05, 3.63) is 71.5 Å². The van der Waals surface area contributed by atoms with Gasteiger partial charge in [-0.1, -0.05) is 19.1 Å². The number of hydrogen-bond acceptors (Lipinski definition) is 6. The van der Waals surface area contributed by atoms with Gasteiger partial charge in [0.15, 0.2) is 5.65 Å². The van der Waals surface area contributed by atoms with E-state index in [9.17, 15) is 35.2 Å². The number of carbonyl (C=O) groups is 1. The van der Waals surface area contributed by atoms with E-state index in [4.69, 9.17) is 4.74 Å². The Bertz CT molecular complexity index is 1670. The summed E-state index contributed by atoms with van der Waals surface area (Å²) in [5.74, 6) is -1.34. The second kappa shape index (κ2) is 11.2. The number of sulfonamides is 1.